The van der Waals surface area contributed by atoms with Crippen LogP contribution in [0.15, 0.2) is 10.6 Å². The summed E-state index contributed by atoms with van der Waals surface area (Å²) in [7, 11) is 0. The lowest BCUT2D eigenvalue weighted by atomic mass is 9.94. The molecule has 0 aromatic rings. The average molecular weight is 286 g/mol. The number of hydrogen-bond acceptors (Lipinski definition) is 5. The van der Waals surface area contributed by atoms with Crippen LogP contribution >= 0.6 is 11.8 Å². The molecule has 3 aliphatic rings. The molecule has 8 nitrogen and oxygen atoms in total. The summed E-state index contributed by atoms with van der Waals surface area (Å²) in [6.45, 7) is -0.314. The lowest BCUT2D eigenvalue weighted by molar-refractivity contribution is -0.154. The Kier molecular flexibility index (Phi) is 2.51. The third kappa shape index (κ3) is 1.42. The number of hydrogen-bond donors (Lipinski definition) is 3. The second-order valence-corrected chi connectivity index (χ2v) is 5.80. The maximum atomic E-state index is 12.0. The minimum Gasteiger partial charge on any atom is -0.477 e. The molecule has 0 unspecified atom stereocenters. The monoisotopic (exact) mass is 286 g/mol. The Morgan fingerprint density at radius 2 is 2.05 bits per heavy atom. The highest BCUT2D eigenvalue weighted by Crippen LogP contribution is 2.48. The van der Waals surface area contributed by atoms with Crippen molar-refractivity contribution in [2.75, 3.05) is 13.2 Å². The van der Waals surface area contributed by atoms with Gasteiger partial charge in [0.2, 0.25) is 0 Å². The van der Waals surface area contributed by atoms with E-state index in [4.69, 9.17) is 10.2 Å². The van der Waals surface area contributed by atoms with E-state index in [1.54, 1.807) is 0 Å². The Labute approximate surface area is 111 Å². The fourth-order valence-electron chi connectivity index (χ4n) is 2.87. The normalized spacial score (nSPS) is 32.3. The largest absolute Gasteiger partial charge is 0.477 e. The van der Waals surface area contributed by atoms with E-state index in [0.29, 0.717) is 0 Å². The molecule has 3 N–H and O–H groups in total. The fourth-order valence-corrected chi connectivity index (χ4v) is 4.25. The molecule has 2 saturated heterocycles. The van der Waals surface area contributed by atoms with Crippen molar-refractivity contribution in [1.82, 2.24) is 9.80 Å². The van der Waals surface area contributed by atoms with E-state index < -0.39 is 36.7 Å². The maximum absolute atomic E-state index is 12.0. The summed E-state index contributed by atoms with van der Waals surface area (Å²) in [4.78, 5) is 36.6. The number of carboxylic acid groups (broad SMARTS) is 2. The summed E-state index contributed by atoms with van der Waals surface area (Å²) in [5, 5.41) is 27.2. The number of amides is 2. The lowest BCUT2D eigenvalue weighted by Crippen LogP contribution is -2.69. The molecule has 102 valence electrons. The number of aliphatic hydroxyl groups excluding tert-OH is 1. The summed E-state index contributed by atoms with van der Waals surface area (Å²) < 4.78 is 0. The number of carbonyl (C=O) groups excluding carboxylic acids is 1. The van der Waals surface area contributed by atoms with E-state index >= 15 is 0 Å². The van der Waals surface area contributed by atoms with Crippen LogP contribution in [0, 0.1) is 0 Å². The zero-order valence-electron chi connectivity index (χ0n) is 9.52. The first-order chi connectivity index (χ1) is 8.97. The van der Waals surface area contributed by atoms with E-state index in [0.717, 1.165) is 21.6 Å². The van der Waals surface area contributed by atoms with Crippen molar-refractivity contribution in [3.63, 3.8) is 0 Å². The third-order valence-corrected chi connectivity index (χ3v) is 4.93. The van der Waals surface area contributed by atoms with Gasteiger partial charge in [0.1, 0.15) is 11.7 Å². The zero-order valence-corrected chi connectivity index (χ0v) is 10.3. The van der Waals surface area contributed by atoms with E-state index in [1.165, 1.54) is 0 Å². The number of thioether (sulfide) groups is 1. The minimum absolute atomic E-state index is 0.161. The molecule has 3 rings (SSSR count). The summed E-state index contributed by atoms with van der Waals surface area (Å²) >= 11 is 1.15. The molecule has 9 heteroatoms. The van der Waals surface area contributed by atoms with Gasteiger partial charge in [0.05, 0.1) is 17.9 Å². The van der Waals surface area contributed by atoms with Crippen LogP contribution in [-0.2, 0) is 9.59 Å². The Balaban J connectivity index is 2.01. The topological polar surface area (TPSA) is 118 Å². The van der Waals surface area contributed by atoms with Crippen molar-refractivity contribution in [3.05, 3.63) is 10.6 Å². The minimum atomic E-state index is -1.28. The molecule has 3 aliphatic heterocycles. The molecule has 0 saturated carbocycles. The van der Waals surface area contributed by atoms with Crippen molar-refractivity contribution in [2.45, 2.75) is 17.3 Å². The Morgan fingerprint density at radius 3 is 2.58 bits per heavy atom. The van der Waals surface area contributed by atoms with Gasteiger partial charge in [-0.3, -0.25) is 14.6 Å². The van der Waals surface area contributed by atoms with Crippen molar-refractivity contribution >= 4 is 29.7 Å². The standard InChI is InChI=1S/C10H10N2O6S/c13-2-4-6(9(15)16)12-5-3(19-4)1-11(10(17)18)7(5)8(12)14/h3,5,7,13H,1-2H2,(H,15,16)(H,17,18)/t3-,5-,7+/m1/s1. The van der Waals surface area contributed by atoms with Crippen molar-refractivity contribution in [1.29, 1.82) is 0 Å². The van der Waals surface area contributed by atoms with Crippen molar-refractivity contribution in [2.24, 2.45) is 0 Å². The highest BCUT2D eigenvalue weighted by Gasteiger charge is 2.64. The van der Waals surface area contributed by atoms with Gasteiger partial charge < -0.3 is 15.3 Å². The lowest BCUT2D eigenvalue weighted by Gasteiger charge is -2.48. The number of aliphatic hydroxyl groups is 1. The zero-order chi connectivity index (χ0) is 13.9. The second-order valence-electron chi connectivity index (χ2n) is 4.47. The van der Waals surface area contributed by atoms with Gasteiger partial charge in [0.25, 0.3) is 5.91 Å². The third-order valence-electron chi connectivity index (χ3n) is 3.60. The molecular formula is C10H10N2O6S. The second kappa shape index (κ2) is 3.87. The van der Waals surface area contributed by atoms with Crippen LogP contribution in [0.2, 0.25) is 0 Å². The van der Waals surface area contributed by atoms with Crippen LogP contribution in [0.4, 0.5) is 4.79 Å². The van der Waals surface area contributed by atoms with Gasteiger partial charge in [-0.2, -0.15) is 0 Å². The number of nitrogens with zero attached hydrogens (tertiary/aromatic N) is 2. The smallest absolute Gasteiger partial charge is 0.408 e. The van der Waals surface area contributed by atoms with E-state index in [2.05, 4.69) is 0 Å². The molecule has 2 fully saturated rings. The molecular weight excluding hydrogens is 276 g/mol. The predicted octanol–water partition coefficient (Wildman–Crippen LogP) is -1.04. The first kappa shape index (κ1) is 12.3. The molecule has 0 aromatic carbocycles. The van der Waals surface area contributed by atoms with Crippen molar-refractivity contribution < 1.29 is 29.7 Å². The highest BCUT2D eigenvalue weighted by atomic mass is 32.2. The molecule has 3 heterocycles. The number of likely N-dealkylation sites (tertiary alicyclic amines) is 1. The Bertz CT molecular complexity index is 532. The summed E-state index contributed by atoms with van der Waals surface area (Å²) in [5.74, 6) is -1.81. The fraction of sp³-hybridized carbons (Fsp3) is 0.500. The molecule has 2 amide bonds. The van der Waals surface area contributed by atoms with Gasteiger partial charge in [0.15, 0.2) is 0 Å². The summed E-state index contributed by atoms with van der Waals surface area (Å²) in [6.07, 6.45) is -1.18. The molecule has 0 radical (unpaired) electrons. The average Bonchev–Trinajstić information content (AvgIpc) is 2.72. The van der Waals surface area contributed by atoms with Gasteiger partial charge in [0, 0.05) is 11.4 Å². The Morgan fingerprint density at radius 1 is 1.37 bits per heavy atom. The van der Waals surface area contributed by atoms with Crippen LogP contribution in [0.3, 0.4) is 0 Å². The molecule has 0 bridgehead atoms. The first-order valence-corrected chi connectivity index (χ1v) is 6.42. The van der Waals surface area contributed by atoms with Crippen LogP contribution < -0.4 is 0 Å². The van der Waals surface area contributed by atoms with E-state index in [9.17, 15) is 19.5 Å². The quantitative estimate of drug-likeness (QED) is 0.555. The van der Waals surface area contributed by atoms with Crippen LogP contribution in [-0.4, -0.2) is 73.6 Å². The van der Waals surface area contributed by atoms with E-state index in [-0.39, 0.29) is 22.4 Å². The van der Waals surface area contributed by atoms with E-state index in [1.807, 2.05) is 0 Å². The number of carbonyl (C=O) groups is 3. The molecule has 0 aromatic heterocycles. The maximum Gasteiger partial charge on any atom is 0.408 e. The highest BCUT2D eigenvalue weighted by molar-refractivity contribution is 8.03. The molecule has 3 atom stereocenters. The number of aliphatic carboxylic acids is 1. The predicted molar refractivity (Wildman–Crippen MR) is 62.3 cm³/mol. The number of rotatable bonds is 2. The van der Waals surface area contributed by atoms with Gasteiger partial charge >= 0.3 is 12.1 Å². The van der Waals surface area contributed by atoms with Gasteiger partial charge in [-0.25, -0.2) is 9.59 Å². The molecule has 0 aliphatic carbocycles. The summed E-state index contributed by atoms with van der Waals surface area (Å²) in [5.41, 5.74) is -0.220. The van der Waals surface area contributed by atoms with Crippen LogP contribution in [0.5, 0.6) is 0 Å². The van der Waals surface area contributed by atoms with Gasteiger partial charge in [-0.1, -0.05) is 0 Å². The molecule has 19 heavy (non-hydrogen) atoms. The number of carboxylic acids is 1. The van der Waals surface area contributed by atoms with Crippen molar-refractivity contribution in [3.8, 4) is 0 Å². The number of β-lactam (4-membered cyclic amide) rings is 1. The summed E-state index contributed by atoms with van der Waals surface area (Å²) in [6, 6.07) is -1.22. The molecule has 0 spiro atoms. The first-order valence-electron chi connectivity index (χ1n) is 5.54. The van der Waals surface area contributed by atoms with Crippen LogP contribution in [0.1, 0.15) is 0 Å². The van der Waals surface area contributed by atoms with Gasteiger partial charge in [-0.05, 0) is 0 Å². The Hall–Kier alpha value is -1.74. The van der Waals surface area contributed by atoms with Gasteiger partial charge in [-0.15, -0.1) is 11.8 Å². The SMILES string of the molecule is O=C(O)C1=C(CO)S[C@@H]2CN(C(=O)O)[C@@H]3C(=O)N1[C@@H]32. The van der Waals surface area contributed by atoms with Crippen LogP contribution in [0.25, 0.3) is 0 Å².